The Bertz CT molecular complexity index is 962. The summed E-state index contributed by atoms with van der Waals surface area (Å²) in [6, 6.07) is 0.314. The van der Waals surface area contributed by atoms with Gasteiger partial charge in [-0.1, -0.05) is 25.8 Å². The predicted octanol–water partition coefficient (Wildman–Crippen LogP) is 1.74. The Balaban J connectivity index is 1.63. The Hall–Kier alpha value is -2.49. The zero-order valence-corrected chi connectivity index (χ0v) is 18.3. The van der Waals surface area contributed by atoms with Crippen LogP contribution in [0.4, 0.5) is 5.95 Å². The molecule has 2 aromatic rings. The molecular weight excluding hydrogens is 394 g/mol. The Kier molecular flexibility index (Phi) is 7.16. The second kappa shape index (κ2) is 10.2. The van der Waals surface area contributed by atoms with Crippen LogP contribution < -0.4 is 21.5 Å². The number of piperazine rings is 1. The van der Waals surface area contributed by atoms with Gasteiger partial charge in [-0.15, -0.1) is 0 Å². The van der Waals surface area contributed by atoms with Gasteiger partial charge in [-0.3, -0.25) is 20.0 Å². The Morgan fingerprint density at radius 1 is 1.29 bits per heavy atom. The van der Waals surface area contributed by atoms with Gasteiger partial charge in [0, 0.05) is 57.7 Å². The van der Waals surface area contributed by atoms with E-state index in [-0.39, 0.29) is 5.43 Å². The molecule has 9 nitrogen and oxygen atoms in total. The summed E-state index contributed by atoms with van der Waals surface area (Å²) in [6.45, 7) is 9.86. The van der Waals surface area contributed by atoms with Crippen LogP contribution in [0.2, 0.25) is 0 Å². The number of nitrogens with one attached hydrogen (secondary N) is 3. The van der Waals surface area contributed by atoms with Crippen LogP contribution in [0, 0.1) is 0 Å². The summed E-state index contributed by atoms with van der Waals surface area (Å²) in [7, 11) is 1.51. The van der Waals surface area contributed by atoms with E-state index in [2.05, 4.69) is 37.1 Å². The maximum atomic E-state index is 13.1. The minimum absolute atomic E-state index is 0.135. The van der Waals surface area contributed by atoms with Gasteiger partial charge in [-0.05, 0) is 12.8 Å². The van der Waals surface area contributed by atoms with Crippen molar-refractivity contribution in [2.75, 3.05) is 51.7 Å². The monoisotopic (exact) mass is 427 g/mol. The molecule has 31 heavy (non-hydrogen) atoms. The third kappa shape index (κ3) is 5.06. The van der Waals surface area contributed by atoms with E-state index in [1.807, 2.05) is 6.20 Å². The molecule has 168 valence electrons. The lowest BCUT2D eigenvalue weighted by Crippen LogP contribution is -2.45. The first-order valence-corrected chi connectivity index (χ1v) is 11.2. The summed E-state index contributed by atoms with van der Waals surface area (Å²) < 4.78 is 2.15. The lowest BCUT2D eigenvalue weighted by atomic mass is 9.95. The fourth-order valence-electron chi connectivity index (χ4n) is 4.51. The zero-order valence-electron chi connectivity index (χ0n) is 18.3. The van der Waals surface area contributed by atoms with Crippen LogP contribution in [0.25, 0.3) is 16.7 Å². The molecule has 2 aliphatic rings. The molecule has 3 heterocycles. The molecule has 4 rings (SSSR count). The highest BCUT2D eigenvalue weighted by Gasteiger charge is 2.21. The number of anilines is 1. The van der Waals surface area contributed by atoms with Crippen molar-refractivity contribution in [3.05, 3.63) is 34.8 Å². The first-order valence-electron chi connectivity index (χ1n) is 11.2. The maximum absolute atomic E-state index is 13.1. The van der Waals surface area contributed by atoms with Gasteiger partial charge in [0.1, 0.15) is 5.65 Å². The lowest BCUT2D eigenvalue weighted by molar-refractivity contribution is 0.137. The summed E-state index contributed by atoms with van der Waals surface area (Å²) in [5.41, 5.74) is 4.18. The van der Waals surface area contributed by atoms with Crippen molar-refractivity contribution in [2.24, 2.45) is 0 Å². The molecule has 2 fully saturated rings. The average molecular weight is 428 g/mol. The molecule has 1 saturated heterocycles. The van der Waals surface area contributed by atoms with Gasteiger partial charge in [0.25, 0.3) is 0 Å². The number of aromatic nitrogens is 3. The van der Waals surface area contributed by atoms with Gasteiger partial charge in [0.05, 0.1) is 23.8 Å². The van der Waals surface area contributed by atoms with E-state index in [4.69, 9.17) is 9.82 Å². The summed E-state index contributed by atoms with van der Waals surface area (Å²) in [5.74, 6) is 0.563. The zero-order chi connectivity index (χ0) is 21.6. The second-order valence-electron chi connectivity index (χ2n) is 8.31. The number of fused-ring (bicyclic) bond motifs is 1. The predicted molar refractivity (Wildman–Crippen MR) is 123 cm³/mol. The number of pyridine rings is 1. The van der Waals surface area contributed by atoms with Crippen molar-refractivity contribution in [3.8, 4) is 0 Å². The lowest BCUT2D eigenvalue weighted by Gasteiger charge is -2.27. The van der Waals surface area contributed by atoms with Gasteiger partial charge in [0.2, 0.25) is 11.4 Å². The minimum Gasteiger partial charge on any atom is -0.353 e. The molecule has 1 saturated carbocycles. The van der Waals surface area contributed by atoms with Gasteiger partial charge < -0.3 is 15.2 Å². The van der Waals surface area contributed by atoms with Crippen LogP contribution in [0.15, 0.2) is 23.8 Å². The van der Waals surface area contributed by atoms with Crippen molar-refractivity contribution in [1.82, 2.24) is 30.2 Å². The van der Waals surface area contributed by atoms with Crippen LogP contribution >= 0.6 is 0 Å². The number of hydrogen-bond acceptors (Lipinski definition) is 8. The molecule has 2 aromatic heterocycles. The largest absolute Gasteiger partial charge is 0.353 e. The molecule has 0 amide bonds. The molecule has 1 aliphatic heterocycles. The Labute approximate surface area is 182 Å². The van der Waals surface area contributed by atoms with Crippen LogP contribution in [0.5, 0.6) is 0 Å². The Morgan fingerprint density at radius 2 is 2.06 bits per heavy atom. The van der Waals surface area contributed by atoms with Crippen LogP contribution in [0.1, 0.15) is 43.7 Å². The maximum Gasteiger partial charge on any atom is 0.224 e. The normalized spacial score (nSPS) is 18.2. The summed E-state index contributed by atoms with van der Waals surface area (Å²) in [6.07, 6.45) is 9.31. The van der Waals surface area contributed by atoms with E-state index in [0.29, 0.717) is 34.3 Å². The minimum atomic E-state index is -0.135. The molecule has 0 radical (unpaired) electrons. The van der Waals surface area contributed by atoms with E-state index in [9.17, 15) is 4.79 Å². The molecule has 0 unspecified atom stereocenters. The third-order valence-electron chi connectivity index (χ3n) is 6.21. The van der Waals surface area contributed by atoms with Gasteiger partial charge >= 0.3 is 0 Å². The quantitative estimate of drug-likeness (QED) is 0.548. The summed E-state index contributed by atoms with van der Waals surface area (Å²) in [5, 5.41) is 7.22. The van der Waals surface area contributed by atoms with E-state index in [1.165, 1.54) is 26.4 Å². The molecule has 1 aliphatic carbocycles. The highest BCUT2D eigenvalue weighted by molar-refractivity contribution is 5.79. The smallest absolute Gasteiger partial charge is 0.224 e. The van der Waals surface area contributed by atoms with Crippen molar-refractivity contribution in [3.63, 3.8) is 0 Å². The molecule has 0 bridgehead atoms. The van der Waals surface area contributed by atoms with Crippen LogP contribution in [-0.4, -0.2) is 65.8 Å². The molecule has 0 aromatic carbocycles. The number of hydroxylamine groups is 1. The molecule has 9 heteroatoms. The molecule has 0 atom stereocenters. The van der Waals surface area contributed by atoms with Crippen LogP contribution in [0.3, 0.4) is 0 Å². The highest BCUT2D eigenvalue weighted by atomic mass is 16.6. The fraction of sp³-hybridized carbons (Fsp3) is 0.591. The van der Waals surface area contributed by atoms with E-state index >= 15 is 0 Å². The topological polar surface area (TPSA) is 96.3 Å². The molecule has 0 spiro atoms. The van der Waals surface area contributed by atoms with E-state index in [0.717, 1.165) is 52.1 Å². The van der Waals surface area contributed by atoms with Crippen molar-refractivity contribution in [1.29, 1.82) is 0 Å². The van der Waals surface area contributed by atoms with Crippen molar-refractivity contribution < 1.29 is 4.84 Å². The van der Waals surface area contributed by atoms with Crippen LogP contribution in [-0.2, 0) is 4.84 Å². The highest BCUT2D eigenvalue weighted by Crippen LogP contribution is 2.30. The van der Waals surface area contributed by atoms with Gasteiger partial charge in [-0.2, -0.15) is 4.98 Å². The fourth-order valence-corrected chi connectivity index (χ4v) is 4.51. The number of rotatable bonds is 8. The average Bonchev–Trinajstić information content (AvgIpc) is 2.81. The van der Waals surface area contributed by atoms with E-state index in [1.54, 1.807) is 6.20 Å². The molecule has 3 N–H and O–H groups in total. The second-order valence-corrected chi connectivity index (χ2v) is 8.31. The van der Waals surface area contributed by atoms with Gasteiger partial charge in [-0.25, -0.2) is 4.98 Å². The van der Waals surface area contributed by atoms with Crippen molar-refractivity contribution in [2.45, 2.75) is 38.1 Å². The SMILES string of the molecule is C=C(NOC)c1cn(C2CCCCC2)c2nc(NCCN3CCNCC3)ncc2c1=O. The van der Waals surface area contributed by atoms with Gasteiger partial charge in [0.15, 0.2) is 0 Å². The third-order valence-corrected chi connectivity index (χ3v) is 6.21. The first-order chi connectivity index (χ1) is 15.2. The first kappa shape index (κ1) is 21.7. The van der Waals surface area contributed by atoms with Crippen molar-refractivity contribution >= 4 is 22.7 Å². The summed E-state index contributed by atoms with van der Waals surface area (Å²) in [4.78, 5) is 29.7. The number of hydrogen-bond donors (Lipinski definition) is 3. The number of nitrogens with zero attached hydrogens (tertiary/aromatic N) is 4. The summed E-state index contributed by atoms with van der Waals surface area (Å²) >= 11 is 0. The standard InChI is InChI=1S/C22H33N7O2/c1-16(27-31-2)19-15-29(17-6-4-3-5-7-17)21-18(20(19)30)14-25-22(26-21)24-10-13-28-11-8-23-9-12-28/h14-15,17,23,27H,1,3-13H2,2H3,(H,24,25,26). The molecular formula is C22H33N7O2. The Morgan fingerprint density at radius 3 is 2.81 bits per heavy atom. The van der Waals surface area contributed by atoms with E-state index < -0.39 is 0 Å².